The van der Waals surface area contributed by atoms with Crippen LogP contribution in [0.1, 0.15) is 57.7 Å². The Morgan fingerprint density at radius 1 is 1.47 bits per heavy atom. The minimum atomic E-state index is -0.454. The summed E-state index contributed by atoms with van der Waals surface area (Å²) in [5, 5.41) is 12.6. The lowest BCUT2D eigenvalue weighted by atomic mass is 9.94. The SMILES string of the molecule is CCN(c1nc(C(C)O)cs1)C1CCCCC1. The van der Waals surface area contributed by atoms with Crippen LogP contribution >= 0.6 is 11.3 Å². The van der Waals surface area contributed by atoms with Crippen molar-refractivity contribution in [2.45, 2.75) is 58.1 Å². The maximum Gasteiger partial charge on any atom is 0.185 e. The van der Waals surface area contributed by atoms with E-state index in [1.165, 1.54) is 32.1 Å². The van der Waals surface area contributed by atoms with Gasteiger partial charge in [0.2, 0.25) is 0 Å². The summed E-state index contributed by atoms with van der Waals surface area (Å²) in [5.74, 6) is 0. The van der Waals surface area contributed by atoms with Crippen LogP contribution in [0.3, 0.4) is 0 Å². The molecule has 17 heavy (non-hydrogen) atoms. The number of rotatable bonds is 4. The van der Waals surface area contributed by atoms with E-state index in [-0.39, 0.29) is 0 Å². The largest absolute Gasteiger partial charge is 0.387 e. The molecule has 1 aliphatic rings. The van der Waals surface area contributed by atoms with E-state index in [2.05, 4.69) is 16.8 Å². The molecule has 0 saturated heterocycles. The lowest BCUT2D eigenvalue weighted by molar-refractivity contribution is 0.195. The minimum absolute atomic E-state index is 0.454. The van der Waals surface area contributed by atoms with Crippen LogP contribution in [0.4, 0.5) is 5.13 Å². The van der Waals surface area contributed by atoms with Gasteiger partial charge in [-0.15, -0.1) is 11.3 Å². The minimum Gasteiger partial charge on any atom is -0.387 e. The van der Waals surface area contributed by atoms with Crippen molar-refractivity contribution in [2.24, 2.45) is 0 Å². The number of aromatic nitrogens is 1. The van der Waals surface area contributed by atoms with Crippen molar-refractivity contribution in [1.29, 1.82) is 0 Å². The van der Waals surface area contributed by atoms with Gasteiger partial charge in [0.15, 0.2) is 5.13 Å². The summed E-state index contributed by atoms with van der Waals surface area (Å²) in [6, 6.07) is 0.654. The zero-order chi connectivity index (χ0) is 12.3. The van der Waals surface area contributed by atoms with Crippen LogP contribution in [-0.2, 0) is 0 Å². The fourth-order valence-corrected chi connectivity index (χ4v) is 3.59. The van der Waals surface area contributed by atoms with E-state index < -0.39 is 6.10 Å². The monoisotopic (exact) mass is 254 g/mol. The molecule has 96 valence electrons. The van der Waals surface area contributed by atoms with Gasteiger partial charge in [0.25, 0.3) is 0 Å². The van der Waals surface area contributed by atoms with Crippen LogP contribution in [-0.4, -0.2) is 22.7 Å². The van der Waals surface area contributed by atoms with Crippen molar-refractivity contribution in [3.05, 3.63) is 11.1 Å². The maximum atomic E-state index is 9.53. The van der Waals surface area contributed by atoms with Gasteiger partial charge in [0.05, 0.1) is 11.8 Å². The lowest BCUT2D eigenvalue weighted by Gasteiger charge is -2.33. The fourth-order valence-electron chi connectivity index (χ4n) is 2.54. The Morgan fingerprint density at radius 3 is 2.71 bits per heavy atom. The molecule has 1 N–H and O–H groups in total. The van der Waals surface area contributed by atoms with Crippen molar-refractivity contribution < 1.29 is 5.11 Å². The highest BCUT2D eigenvalue weighted by Crippen LogP contribution is 2.30. The number of hydrogen-bond donors (Lipinski definition) is 1. The van der Waals surface area contributed by atoms with Gasteiger partial charge in [-0.1, -0.05) is 19.3 Å². The van der Waals surface area contributed by atoms with Crippen LogP contribution in [0.15, 0.2) is 5.38 Å². The second-order valence-corrected chi connectivity index (χ2v) is 5.65. The second kappa shape index (κ2) is 5.83. The third kappa shape index (κ3) is 2.99. The van der Waals surface area contributed by atoms with E-state index in [0.29, 0.717) is 6.04 Å². The number of hydrogen-bond acceptors (Lipinski definition) is 4. The number of aliphatic hydroxyl groups excluding tert-OH is 1. The first-order valence-electron chi connectivity index (χ1n) is 6.62. The lowest BCUT2D eigenvalue weighted by Crippen LogP contribution is -2.36. The second-order valence-electron chi connectivity index (χ2n) is 4.81. The molecule has 0 aliphatic heterocycles. The molecular weight excluding hydrogens is 232 g/mol. The topological polar surface area (TPSA) is 36.4 Å². The molecule has 1 heterocycles. The number of thiazole rings is 1. The number of nitrogens with zero attached hydrogens (tertiary/aromatic N) is 2. The Balaban J connectivity index is 2.10. The van der Waals surface area contributed by atoms with Gasteiger partial charge < -0.3 is 10.0 Å². The molecule has 0 radical (unpaired) electrons. The molecule has 0 bridgehead atoms. The van der Waals surface area contributed by atoms with Crippen LogP contribution in [0.2, 0.25) is 0 Å². The summed E-state index contributed by atoms with van der Waals surface area (Å²) in [4.78, 5) is 6.96. The van der Waals surface area contributed by atoms with Gasteiger partial charge in [-0.05, 0) is 26.7 Å². The summed E-state index contributed by atoms with van der Waals surface area (Å²) in [6.45, 7) is 4.98. The first-order valence-corrected chi connectivity index (χ1v) is 7.50. The van der Waals surface area contributed by atoms with Gasteiger partial charge in [0, 0.05) is 18.0 Å². The Bertz CT molecular complexity index is 345. The Hall–Kier alpha value is -0.610. The quantitative estimate of drug-likeness (QED) is 0.895. The molecule has 1 atom stereocenters. The molecule has 0 aromatic carbocycles. The molecule has 0 spiro atoms. The molecule has 1 saturated carbocycles. The van der Waals surface area contributed by atoms with Crippen LogP contribution in [0, 0.1) is 0 Å². The molecule has 1 aromatic rings. The van der Waals surface area contributed by atoms with Crippen molar-refractivity contribution in [3.8, 4) is 0 Å². The zero-order valence-corrected chi connectivity index (χ0v) is 11.5. The zero-order valence-electron chi connectivity index (χ0n) is 10.7. The van der Waals surface area contributed by atoms with E-state index in [0.717, 1.165) is 17.4 Å². The third-order valence-electron chi connectivity index (χ3n) is 3.54. The normalized spacial score (nSPS) is 19.2. The van der Waals surface area contributed by atoms with Gasteiger partial charge in [-0.25, -0.2) is 4.98 Å². The molecular formula is C13H22N2OS. The average Bonchev–Trinajstić information content (AvgIpc) is 2.81. The summed E-state index contributed by atoms with van der Waals surface area (Å²) >= 11 is 1.66. The molecule has 1 fully saturated rings. The Labute approximate surface area is 107 Å². The van der Waals surface area contributed by atoms with Gasteiger partial charge in [-0.3, -0.25) is 0 Å². The molecule has 4 heteroatoms. The first-order chi connectivity index (χ1) is 8.22. The molecule has 3 nitrogen and oxygen atoms in total. The van der Waals surface area contributed by atoms with E-state index in [9.17, 15) is 5.11 Å². The Morgan fingerprint density at radius 2 is 2.18 bits per heavy atom. The Kier molecular flexibility index (Phi) is 4.40. The van der Waals surface area contributed by atoms with E-state index >= 15 is 0 Å². The van der Waals surface area contributed by atoms with Crippen molar-refractivity contribution >= 4 is 16.5 Å². The number of aliphatic hydroxyl groups is 1. The highest BCUT2D eigenvalue weighted by molar-refractivity contribution is 7.13. The average molecular weight is 254 g/mol. The predicted octanol–water partition coefficient (Wildman–Crippen LogP) is 3.36. The molecule has 1 unspecified atom stereocenters. The van der Waals surface area contributed by atoms with Gasteiger partial charge in [0.1, 0.15) is 0 Å². The molecule has 1 aliphatic carbocycles. The molecule has 1 aromatic heterocycles. The third-order valence-corrected chi connectivity index (χ3v) is 4.44. The van der Waals surface area contributed by atoms with Gasteiger partial charge in [-0.2, -0.15) is 0 Å². The first kappa shape index (κ1) is 12.8. The van der Waals surface area contributed by atoms with Crippen molar-refractivity contribution in [3.63, 3.8) is 0 Å². The van der Waals surface area contributed by atoms with Crippen LogP contribution < -0.4 is 4.90 Å². The van der Waals surface area contributed by atoms with Crippen molar-refractivity contribution in [1.82, 2.24) is 4.98 Å². The summed E-state index contributed by atoms with van der Waals surface area (Å²) in [7, 11) is 0. The smallest absolute Gasteiger partial charge is 0.185 e. The van der Waals surface area contributed by atoms with E-state index in [1.54, 1.807) is 18.3 Å². The standard InChI is InChI=1S/C13H22N2OS/c1-3-15(11-7-5-4-6-8-11)13-14-12(9-17-13)10(2)16/h9-11,16H,3-8H2,1-2H3. The van der Waals surface area contributed by atoms with Gasteiger partial charge >= 0.3 is 0 Å². The van der Waals surface area contributed by atoms with E-state index in [4.69, 9.17) is 0 Å². The summed E-state index contributed by atoms with van der Waals surface area (Å²) < 4.78 is 0. The maximum absolute atomic E-state index is 9.53. The van der Waals surface area contributed by atoms with E-state index in [1.807, 2.05) is 5.38 Å². The highest BCUT2D eigenvalue weighted by Gasteiger charge is 2.22. The summed E-state index contributed by atoms with van der Waals surface area (Å²) in [6.07, 6.45) is 6.19. The molecule has 2 rings (SSSR count). The van der Waals surface area contributed by atoms with Crippen LogP contribution in [0.25, 0.3) is 0 Å². The van der Waals surface area contributed by atoms with Crippen molar-refractivity contribution in [2.75, 3.05) is 11.4 Å². The predicted molar refractivity (Wildman–Crippen MR) is 72.6 cm³/mol. The van der Waals surface area contributed by atoms with Crippen LogP contribution in [0.5, 0.6) is 0 Å². The summed E-state index contributed by atoms with van der Waals surface area (Å²) in [5.41, 5.74) is 0.805. The fraction of sp³-hybridized carbons (Fsp3) is 0.769. The molecule has 0 amide bonds. The number of anilines is 1. The highest BCUT2D eigenvalue weighted by atomic mass is 32.1.